The summed E-state index contributed by atoms with van der Waals surface area (Å²) in [6, 6.07) is 8.77. The largest absolute Gasteiger partial charge is 0.493 e. The predicted octanol–water partition coefficient (Wildman–Crippen LogP) is 7.47. The molecule has 3 rings (SSSR count). The average molecular weight is 585 g/mol. The fourth-order valence-electron chi connectivity index (χ4n) is 3.74. The molecular formula is C22H21F9O4S2. The van der Waals surface area contributed by atoms with Crippen LogP contribution in [-0.2, 0) is 19.2 Å². The highest BCUT2D eigenvalue weighted by atomic mass is 32.2. The minimum absolute atomic E-state index is 0.0706. The van der Waals surface area contributed by atoms with E-state index >= 15 is 0 Å². The molecule has 4 nitrogen and oxygen atoms in total. The number of thioether (sulfide) groups is 1. The average Bonchev–Trinajstić information content (AvgIpc) is 3.26. The number of benzene rings is 2. The van der Waals surface area contributed by atoms with Gasteiger partial charge in [0.25, 0.3) is 0 Å². The van der Waals surface area contributed by atoms with Crippen molar-refractivity contribution in [1.29, 1.82) is 0 Å². The summed E-state index contributed by atoms with van der Waals surface area (Å²) in [5.74, 6) is -14.3. The van der Waals surface area contributed by atoms with Crippen molar-refractivity contribution >= 4 is 32.7 Å². The molecule has 1 aliphatic rings. The second-order valence-electron chi connectivity index (χ2n) is 8.26. The zero-order chi connectivity index (χ0) is 27.9. The van der Waals surface area contributed by atoms with Gasteiger partial charge in [-0.2, -0.15) is 47.9 Å². The van der Waals surface area contributed by atoms with Gasteiger partial charge in [0.05, 0.1) is 6.61 Å². The minimum atomic E-state index is -7.37. The molecule has 1 fully saturated rings. The SMILES string of the molecule is CCCCOc1ccc(C2(OS(=O)(=O)C(F)(F)C(F)(F)C(F)(F)C(F)(F)F)CCCS2)c2ccccc12. The molecule has 0 aliphatic carbocycles. The van der Waals surface area contributed by atoms with Crippen molar-refractivity contribution in [2.24, 2.45) is 0 Å². The molecule has 0 radical (unpaired) electrons. The molecule has 0 aromatic heterocycles. The van der Waals surface area contributed by atoms with Gasteiger partial charge < -0.3 is 4.74 Å². The Hall–Kier alpha value is -1.87. The fraction of sp³-hybridized carbons (Fsp3) is 0.545. The molecule has 15 heteroatoms. The Bertz CT molecular complexity index is 1220. The van der Waals surface area contributed by atoms with E-state index in [0.29, 0.717) is 35.9 Å². The zero-order valence-electron chi connectivity index (χ0n) is 19.1. The normalized spacial score (nSPS) is 19.9. The highest BCUT2D eigenvalue weighted by Crippen LogP contribution is 2.58. The summed E-state index contributed by atoms with van der Waals surface area (Å²) >= 11 is 0.622. The van der Waals surface area contributed by atoms with Crippen molar-refractivity contribution in [3.8, 4) is 5.75 Å². The lowest BCUT2D eigenvalue weighted by Gasteiger charge is -2.35. The Morgan fingerprint density at radius 1 is 0.919 bits per heavy atom. The highest BCUT2D eigenvalue weighted by Gasteiger charge is 2.86. The predicted molar refractivity (Wildman–Crippen MR) is 119 cm³/mol. The summed E-state index contributed by atoms with van der Waals surface area (Å²) < 4.78 is 156. The van der Waals surface area contributed by atoms with Gasteiger partial charge in [0, 0.05) is 10.9 Å². The van der Waals surface area contributed by atoms with Crippen molar-refractivity contribution in [2.75, 3.05) is 12.4 Å². The zero-order valence-corrected chi connectivity index (χ0v) is 20.7. The number of halogens is 9. The van der Waals surface area contributed by atoms with E-state index in [-0.39, 0.29) is 29.5 Å². The van der Waals surface area contributed by atoms with E-state index in [1.807, 2.05) is 6.92 Å². The van der Waals surface area contributed by atoms with Crippen molar-refractivity contribution in [1.82, 2.24) is 0 Å². The van der Waals surface area contributed by atoms with Gasteiger partial charge in [-0.05, 0) is 36.5 Å². The van der Waals surface area contributed by atoms with Gasteiger partial charge in [-0.1, -0.05) is 43.7 Å². The van der Waals surface area contributed by atoms with Gasteiger partial charge in [0.1, 0.15) is 5.75 Å². The summed E-state index contributed by atoms with van der Waals surface area (Å²) in [6.07, 6.45) is -5.85. The van der Waals surface area contributed by atoms with Crippen LogP contribution in [0.15, 0.2) is 36.4 Å². The van der Waals surface area contributed by atoms with Crippen LogP contribution in [0, 0.1) is 0 Å². The van der Waals surface area contributed by atoms with Crippen molar-refractivity contribution in [3.05, 3.63) is 42.0 Å². The number of hydrogen-bond donors (Lipinski definition) is 0. The maximum absolute atomic E-state index is 14.4. The van der Waals surface area contributed by atoms with Crippen LogP contribution in [-0.4, -0.2) is 44.1 Å². The van der Waals surface area contributed by atoms with Gasteiger partial charge in [-0.25, -0.2) is 4.18 Å². The molecule has 1 saturated heterocycles. The molecular weight excluding hydrogens is 563 g/mol. The summed E-state index contributed by atoms with van der Waals surface area (Å²) in [5, 5.41) is -6.31. The lowest BCUT2D eigenvalue weighted by molar-refractivity contribution is -0.383. The number of hydrogen-bond acceptors (Lipinski definition) is 5. The van der Waals surface area contributed by atoms with Gasteiger partial charge in [-0.3, -0.25) is 0 Å². The minimum Gasteiger partial charge on any atom is -0.493 e. The van der Waals surface area contributed by atoms with E-state index in [4.69, 9.17) is 4.74 Å². The molecule has 0 amide bonds. The number of alkyl halides is 9. The third-order valence-corrected chi connectivity index (χ3v) is 8.67. The summed E-state index contributed by atoms with van der Waals surface area (Å²) in [4.78, 5) is -2.30. The lowest BCUT2D eigenvalue weighted by atomic mass is 9.97. The summed E-state index contributed by atoms with van der Waals surface area (Å²) in [7, 11) is -7.06. The molecule has 37 heavy (non-hydrogen) atoms. The molecule has 1 unspecified atom stereocenters. The van der Waals surface area contributed by atoms with E-state index in [0.717, 1.165) is 6.42 Å². The second kappa shape index (κ2) is 10.0. The third-order valence-electron chi connectivity index (χ3n) is 5.71. The molecule has 0 bridgehead atoms. The number of rotatable bonds is 10. The monoisotopic (exact) mass is 584 g/mol. The Labute approximate surface area is 210 Å². The van der Waals surface area contributed by atoms with Crippen LogP contribution in [0.25, 0.3) is 10.8 Å². The van der Waals surface area contributed by atoms with E-state index in [9.17, 15) is 47.9 Å². The summed E-state index contributed by atoms with van der Waals surface area (Å²) in [5.41, 5.74) is -0.0706. The Morgan fingerprint density at radius 2 is 1.54 bits per heavy atom. The quantitative estimate of drug-likeness (QED) is 0.165. The highest BCUT2D eigenvalue weighted by molar-refractivity contribution is 8.01. The molecule has 1 heterocycles. The topological polar surface area (TPSA) is 52.6 Å². The first-order chi connectivity index (χ1) is 17.0. The van der Waals surface area contributed by atoms with Crippen LogP contribution in [0.4, 0.5) is 39.5 Å². The molecule has 0 N–H and O–H groups in total. The van der Waals surface area contributed by atoms with Crippen LogP contribution in [0.5, 0.6) is 5.75 Å². The van der Waals surface area contributed by atoms with Crippen molar-refractivity contribution in [3.63, 3.8) is 0 Å². The molecule has 2 aromatic carbocycles. The van der Waals surface area contributed by atoms with Gasteiger partial charge in [0.15, 0.2) is 4.93 Å². The molecule has 208 valence electrons. The standard InChI is InChI=1S/C22H21F9O4S2/c1-2-3-12-34-17-10-9-16(14-7-4-5-8-15(14)17)18(11-6-13-36-18)35-37(32,33)22(30,31)20(25,26)19(23,24)21(27,28)29/h4-5,7-10H,2-3,6,11-13H2,1H3. The molecule has 1 atom stereocenters. The van der Waals surface area contributed by atoms with E-state index in [1.165, 1.54) is 24.3 Å². The Morgan fingerprint density at radius 3 is 2.08 bits per heavy atom. The lowest BCUT2D eigenvalue weighted by Crippen LogP contribution is -2.63. The van der Waals surface area contributed by atoms with Gasteiger partial charge in [-0.15, -0.1) is 11.8 Å². The third kappa shape index (κ3) is 4.98. The first-order valence-electron chi connectivity index (χ1n) is 10.9. The molecule has 2 aromatic rings. The van der Waals surface area contributed by atoms with E-state index in [2.05, 4.69) is 4.18 Å². The van der Waals surface area contributed by atoms with Crippen LogP contribution < -0.4 is 4.74 Å². The fourth-order valence-corrected chi connectivity index (χ4v) is 6.52. The van der Waals surface area contributed by atoms with Gasteiger partial charge in [0.2, 0.25) is 0 Å². The number of fused-ring (bicyclic) bond motifs is 1. The van der Waals surface area contributed by atoms with Crippen molar-refractivity contribution in [2.45, 2.75) is 60.8 Å². The molecule has 1 aliphatic heterocycles. The van der Waals surface area contributed by atoms with E-state index < -0.39 is 38.3 Å². The molecule has 0 saturated carbocycles. The Kier molecular flexibility index (Phi) is 8.04. The summed E-state index contributed by atoms with van der Waals surface area (Å²) in [6.45, 7) is 2.24. The Balaban J connectivity index is 2.10. The smallest absolute Gasteiger partial charge is 0.460 e. The maximum atomic E-state index is 14.4. The van der Waals surface area contributed by atoms with Crippen LogP contribution in [0.1, 0.15) is 38.2 Å². The number of unbranched alkanes of at least 4 members (excludes halogenated alkanes) is 1. The van der Waals surface area contributed by atoms with Crippen LogP contribution >= 0.6 is 11.8 Å². The number of ether oxygens (including phenoxy) is 1. The first-order valence-corrected chi connectivity index (χ1v) is 13.3. The van der Waals surface area contributed by atoms with Gasteiger partial charge >= 0.3 is 33.4 Å². The second-order valence-corrected chi connectivity index (χ2v) is 11.2. The van der Waals surface area contributed by atoms with Crippen LogP contribution in [0.2, 0.25) is 0 Å². The van der Waals surface area contributed by atoms with Crippen molar-refractivity contribution < 1.29 is 56.9 Å². The molecule has 0 spiro atoms. The first kappa shape index (κ1) is 29.7. The van der Waals surface area contributed by atoms with E-state index in [1.54, 1.807) is 12.1 Å². The van der Waals surface area contributed by atoms with Crippen LogP contribution in [0.3, 0.4) is 0 Å². The maximum Gasteiger partial charge on any atom is 0.460 e.